The lowest BCUT2D eigenvalue weighted by Crippen LogP contribution is -2.28. The number of aromatic nitrogens is 2. The summed E-state index contributed by atoms with van der Waals surface area (Å²) in [5.41, 5.74) is 5.28. The van der Waals surface area contributed by atoms with Crippen molar-refractivity contribution < 1.29 is 13.9 Å². The van der Waals surface area contributed by atoms with E-state index in [4.69, 9.17) is 21.1 Å². The number of pyridine rings is 1. The molecule has 1 saturated heterocycles. The first kappa shape index (κ1) is 22.0. The van der Waals surface area contributed by atoms with E-state index in [2.05, 4.69) is 25.9 Å². The van der Waals surface area contributed by atoms with E-state index in [1.54, 1.807) is 12.4 Å². The molecule has 9 heteroatoms. The van der Waals surface area contributed by atoms with E-state index in [0.717, 1.165) is 60.6 Å². The van der Waals surface area contributed by atoms with Gasteiger partial charge >= 0.3 is 0 Å². The van der Waals surface area contributed by atoms with Crippen LogP contribution < -0.4 is 25.4 Å². The van der Waals surface area contributed by atoms with Crippen LogP contribution in [0.25, 0.3) is 11.3 Å². The van der Waals surface area contributed by atoms with Gasteiger partial charge in [-0.05, 0) is 31.5 Å². The summed E-state index contributed by atoms with van der Waals surface area (Å²) in [6.07, 6.45) is 6.61. The first-order chi connectivity index (χ1) is 16.1. The molecule has 1 aromatic carbocycles. The number of H-pyrrole nitrogens is 1. The fourth-order valence-corrected chi connectivity index (χ4v) is 4.84. The van der Waals surface area contributed by atoms with Gasteiger partial charge in [0.15, 0.2) is 5.75 Å². The fourth-order valence-electron chi connectivity index (χ4n) is 4.55. The van der Waals surface area contributed by atoms with Crippen molar-refractivity contribution in [1.82, 2.24) is 20.6 Å². The number of rotatable bonds is 7. The molecule has 1 atom stereocenters. The van der Waals surface area contributed by atoms with Crippen molar-refractivity contribution in [3.8, 4) is 22.8 Å². The largest absolute Gasteiger partial charge is 0.493 e. The Labute approximate surface area is 197 Å². The molecule has 2 aliphatic rings. The summed E-state index contributed by atoms with van der Waals surface area (Å²) in [7, 11) is 1.52. The molecule has 2 aliphatic heterocycles. The summed E-state index contributed by atoms with van der Waals surface area (Å²) >= 11 is 6.24. The van der Waals surface area contributed by atoms with Crippen molar-refractivity contribution >= 4 is 23.0 Å². The quantitative estimate of drug-likeness (QED) is 0.409. The highest BCUT2D eigenvalue weighted by Gasteiger charge is 2.25. The smallest absolute Gasteiger partial charge is 0.161 e. The minimum atomic E-state index is -0.440. The summed E-state index contributed by atoms with van der Waals surface area (Å²) in [6.45, 7) is 3.18. The summed E-state index contributed by atoms with van der Waals surface area (Å²) in [5.74, 6) is 0.649. The molecule has 0 radical (unpaired) electrons. The van der Waals surface area contributed by atoms with Crippen LogP contribution in [0.4, 0.5) is 15.8 Å². The molecule has 2 aromatic heterocycles. The van der Waals surface area contributed by atoms with Crippen molar-refractivity contribution in [3.05, 3.63) is 52.7 Å². The fraction of sp³-hybridized carbons (Fsp3) is 0.375. The number of hydrogen-bond donors (Lipinski definition) is 4. The Morgan fingerprint density at radius 2 is 2.21 bits per heavy atom. The molecule has 0 aliphatic carbocycles. The Morgan fingerprint density at radius 3 is 3.03 bits per heavy atom. The van der Waals surface area contributed by atoms with E-state index < -0.39 is 5.82 Å². The minimum Gasteiger partial charge on any atom is -0.493 e. The molecule has 4 heterocycles. The number of methoxy groups -OCH3 is 1. The molecule has 33 heavy (non-hydrogen) atoms. The Balaban J connectivity index is 1.56. The van der Waals surface area contributed by atoms with Crippen LogP contribution in [-0.4, -0.2) is 42.8 Å². The van der Waals surface area contributed by atoms with Gasteiger partial charge in [-0.15, -0.1) is 0 Å². The monoisotopic (exact) mass is 471 g/mol. The van der Waals surface area contributed by atoms with Crippen LogP contribution in [0.5, 0.6) is 11.5 Å². The first-order valence-electron chi connectivity index (χ1n) is 11.2. The van der Waals surface area contributed by atoms with Crippen LogP contribution in [0.15, 0.2) is 30.6 Å². The van der Waals surface area contributed by atoms with Crippen molar-refractivity contribution in [2.24, 2.45) is 0 Å². The topological polar surface area (TPSA) is 83.2 Å². The second-order valence-corrected chi connectivity index (χ2v) is 8.74. The van der Waals surface area contributed by atoms with Crippen molar-refractivity contribution in [2.75, 3.05) is 32.1 Å². The maximum Gasteiger partial charge on any atom is 0.161 e. The third kappa shape index (κ3) is 4.51. The molecule has 0 spiro atoms. The molecule has 1 fully saturated rings. The molecule has 174 valence electrons. The lowest BCUT2D eigenvalue weighted by atomic mass is 10.1. The normalized spacial score (nSPS) is 17.6. The maximum atomic E-state index is 14.2. The number of anilines is 2. The van der Waals surface area contributed by atoms with Gasteiger partial charge in [-0.25, -0.2) is 4.39 Å². The Kier molecular flexibility index (Phi) is 6.39. The van der Waals surface area contributed by atoms with Gasteiger partial charge in [0.25, 0.3) is 0 Å². The average molecular weight is 472 g/mol. The van der Waals surface area contributed by atoms with Crippen LogP contribution >= 0.6 is 11.6 Å². The van der Waals surface area contributed by atoms with Crippen LogP contribution in [0.2, 0.25) is 5.02 Å². The number of fused-ring (bicyclic) bond motifs is 1. The van der Waals surface area contributed by atoms with Crippen LogP contribution in [-0.2, 0) is 13.0 Å². The molecule has 0 bridgehead atoms. The van der Waals surface area contributed by atoms with Gasteiger partial charge in [-0.1, -0.05) is 11.6 Å². The number of ether oxygens (including phenoxy) is 2. The van der Waals surface area contributed by atoms with Gasteiger partial charge in [-0.2, -0.15) is 0 Å². The molecule has 7 nitrogen and oxygen atoms in total. The van der Waals surface area contributed by atoms with E-state index in [1.165, 1.54) is 19.2 Å². The predicted molar refractivity (Wildman–Crippen MR) is 127 cm³/mol. The van der Waals surface area contributed by atoms with Crippen molar-refractivity contribution in [2.45, 2.75) is 31.8 Å². The van der Waals surface area contributed by atoms with E-state index in [-0.39, 0.29) is 5.02 Å². The zero-order chi connectivity index (χ0) is 22.8. The Hall–Kier alpha value is -2.81. The summed E-state index contributed by atoms with van der Waals surface area (Å²) in [4.78, 5) is 7.86. The molecule has 3 aromatic rings. The summed E-state index contributed by atoms with van der Waals surface area (Å²) in [6, 6.07) is 4.91. The zero-order valence-electron chi connectivity index (χ0n) is 18.4. The highest BCUT2D eigenvalue weighted by atomic mass is 35.5. The van der Waals surface area contributed by atoms with Gasteiger partial charge in [0.05, 0.1) is 35.4 Å². The zero-order valence-corrected chi connectivity index (χ0v) is 19.2. The molecular formula is C24H27ClFN5O2. The van der Waals surface area contributed by atoms with Crippen molar-refractivity contribution in [3.63, 3.8) is 0 Å². The third-order valence-corrected chi connectivity index (χ3v) is 6.45. The molecule has 0 amide bonds. The number of hydrogen-bond acceptors (Lipinski definition) is 6. The van der Waals surface area contributed by atoms with Crippen LogP contribution in [0.3, 0.4) is 0 Å². The number of nitrogens with one attached hydrogen (secondary N) is 4. The number of benzene rings is 1. The second kappa shape index (κ2) is 9.59. The van der Waals surface area contributed by atoms with Gasteiger partial charge < -0.3 is 30.4 Å². The molecule has 0 saturated carbocycles. The number of halogens is 2. The highest BCUT2D eigenvalue weighted by molar-refractivity contribution is 6.32. The van der Waals surface area contributed by atoms with Gasteiger partial charge in [0, 0.05) is 54.6 Å². The Bertz CT molecular complexity index is 1150. The molecule has 4 N–H and O–H groups in total. The van der Waals surface area contributed by atoms with Gasteiger partial charge in [0.1, 0.15) is 18.2 Å². The molecule has 0 unspecified atom stereocenters. The maximum absolute atomic E-state index is 14.2. The van der Waals surface area contributed by atoms with Crippen LogP contribution in [0, 0.1) is 5.82 Å². The average Bonchev–Trinajstić information content (AvgIpc) is 3.46. The number of nitrogens with zero attached hydrogens (tertiary/aromatic N) is 1. The molecule has 5 rings (SSSR count). The van der Waals surface area contributed by atoms with E-state index in [0.29, 0.717) is 36.4 Å². The SMILES string of the molecule is COc1c(Cl)cc(F)cc1Nc1c(-c2ccncc2OC[C@@H]2CCCN2)[nH]c2c1CNCC2. The summed E-state index contributed by atoms with van der Waals surface area (Å²) in [5, 5.41) is 10.5. The minimum absolute atomic E-state index is 0.209. The van der Waals surface area contributed by atoms with Crippen LogP contribution in [0.1, 0.15) is 24.1 Å². The van der Waals surface area contributed by atoms with Gasteiger partial charge in [0.2, 0.25) is 0 Å². The van der Waals surface area contributed by atoms with E-state index >= 15 is 0 Å². The van der Waals surface area contributed by atoms with Gasteiger partial charge in [-0.3, -0.25) is 4.98 Å². The van der Waals surface area contributed by atoms with E-state index in [9.17, 15) is 4.39 Å². The lowest BCUT2D eigenvalue weighted by molar-refractivity contribution is 0.277. The first-order valence-corrected chi connectivity index (χ1v) is 11.6. The molecular weight excluding hydrogens is 445 g/mol. The third-order valence-electron chi connectivity index (χ3n) is 6.17. The predicted octanol–water partition coefficient (Wildman–Crippen LogP) is 4.40. The number of aromatic amines is 1. The van der Waals surface area contributed by atoms with E-state index in [1.807, 2.05) is 6.07 Å². The Morgan fingerprint density at radius 1 is 1.30 bits per heavy atom. The summed E-state index contributed by atoms with van der Waals surface area (Å²) < 4.78 is 25.9. The second-order valence-electron chi connectivity index (χ2n) is 8.33. The standard InChI is InChI=1S/C24H27ClFN5O2/c1-32-24-18(25)9-14(26)10-20(24)31-23-17-11-27-8-5-19(17)30-22(23)16-4-7-28-12-21(16)33-13-15-3-2-6-29-15/h4,7,9-10,12,15,27,29-31H,2-3,5-6,8,11,13H2,1H3/t15-/m0/s1. The lowest BCUT2D eigenvalue weighted by Gasteiger charge is -2.18. The highest BCUT2D eigenvalue weighted by Crippen LogP contribution is 2.43. The van der Waals surface area contributed by atoms with Crippen molar-refractivity contribution in [1.29, 1.82) is 0 Å².